The Bertz CT molecular complexity index is 503. The monoisotopic (exact) mass is 296 g/mol. The minimum absolute atomic E-state index is 0.128. The summed E-state index contributed by atoms with van der Waals surface area (Å²) in [5.41, 5.74) is 0.458. The van der Waals surface area contributed by atoms with Crippen molar-refractivity contribution in [3.63, 3.8) is 0 Å². The van der Waals surface area contributed by atoms with Crippen LogP contribution in [0, 0.1) is 11.3 Å². The molecule has 1 aromatic rings. The number of hydrogen-bond acceptors (Lipinski definition) is 3. The van der Waals surface area contributed by atoms with Gasteiger partial charge in [-0.05, 0) is 30.2 Å². The third kappa shape index (κ3) is 3.23. The summed E-state index contributed by atoms with van der Waals surface area (Å²) in [5.74, 6) is 0.400. The van der Waals surface area contributed by atoms with Crippen LogP contribution in [0.3, 0.4) is 0 Å². The molecule has 1 aliphatic rings. The van der Waals surface area contributed by atoms with Crippen LogP contribution in [0.4, 0.5) is 5.82 Å². The molecular formula is C15H21ClN2O2. The number of carboxylic acid groups (broad SMARTS) is 1. The van der Waals surface area contributed by atoms with Crippen LogP contribution in [0.5, 0.6) is 0 Å². The Labute approximate surface area is 124 Å². The van der Waals surface area contributed by atoms with Crippen molar-refractivity contribution in [2.24, 2.45) is 11.3 Å². The Morgan fingerprint density at radius 1 is 1.40 bits per heavy atom. The second-order valence-electron chi connectivity index (χ2n) is 6.46. The zero-order chi connectivity index (χ0) is 14.9. The molecule has 0 unspecified atom stereocenters. The van der Waals surface area contributed by atoms with Crippen molar-refractivity contribution in [2.75, 3.05) is 18.0 Å². The van der Waals surface area contributed by atoms with E-state index in [4.69, 9.17) is 16.7 Å². The third-order valence-corrected chi connectivity index (χ3v) is 4.37. The maximum absolute atomic E-state index is 10.9. The first-order valence-electron chi connectivity index (χ1n) is 6.93. The molecule has 0 amide bonds. The highest BCUT2D eigenvalue weighted by molar-refractivity contribution is 6.33. The lowest BCUT2D eigenvalue weighted by atomic mass is 9.75. The van der Waals surface area contributed by atoms with Gasteiger partial charge in [0.2, 0.25) is 0 Å². The lowest BCUT2D eigenvalue weighted by molar-refractivity contribution is 0.0696. The van der Waals surface area contributed by atoms with Crippen LogP contribution in [0.1, 0.15) is 44.0 Å². The Hall–Kier alpha value is -1.29. The summed E-state index contributed by atoms with van der Waals surface area (Å²) in [7, 11) is 0. The van der Waals surface area contributed by atoms with Crippen molar-refractivity contribution in [1.29, 1.82) is 0 Å². The summed E-state index contributed by atoms with van der Waals surface area (Å²) in [6.07, 6.45) is 3.60. The van der Waals surface area contributed by atoms with Crippen LogP contribution in [0.2, 0.25) is 5.02 Å². The Morgan fingerprint density at radius 3 is 2.45 bits per heavy atom. The summed E-state index contributed by atoms with van der Waals surface area (Å²) in [5, 5.41) is 9.34. The molecule has 1 aliphatic heterocycles. The van der Waals surface area contributed by atoms with E-state index >= 15 is 0 Å². The van der Waals surface area contributed by atoms with Crippen molar-refractivity contribution in [3.05, 3.63) is 22.8 Å². The van der Waals surface area contributed by atoms with Gasteiger partial charge in [0.1, 0.15) is 5.82 Å². The highest BCUT2D eigenvalue weighted by Crippen LogP contribution is 2.36. The van der Waals surface area contributed by atoms with Crippen LogP contribution in [0.15, 0.2) is 12.3 Å². The normalized spacial score (nSPS) is 17.3. The quantitative estimate of drug-likeness (QED) is 0.904. The molecule has 0 radical (unpaired) electrons. The predicted molar refractivity (Wildman–Crippen MR) is 80.6 cm³/mol. The van der Waals surface area contributed by atoms with Crippen molar-refractivity contribution < 1.29 is 9.90 Å². The molecule has 20 heavy (non-hydrogen) atoms. The van der Waals surface area contributed by atoms with E-state index < -0.39 is 5.97 Å². The molecule has 0 spiro atoms. The average molecular weight is 297 g/mol. The Balaban J connectivity index is 2.09. The largest absolute Gasteiger partial charge is 0.478 e. The molecule has 2 rings (SSSR count). The second-order valence-corrected chi connectivity index (χ2v) is 6.87. The summed E-state index contributed by atoms with van der Waals surface area (Å²) in [6.45, 7) is 8.67. The van der Waals surface area contributed by atoms with Gasteiger partial charge in [-0.15, -0.1) is 0 Å². The zero-order valence-corrected chi connectivity index (χ0v) is 12.9. The molecule has 4 nitrogen and oxygen atoms in total. The van der Waals surface area contributed by atoms with Crippen LogP contribution in [0.25, 0.3) is 0 Å². The molecule has 0 saturated carbocycles. The van der Waals surface area contributed by atoms with Crippen LogP contribution >= 0.6 is 11.6 Å². The van der Waals surface area contributed by atoms with E-state index in [1.54, 1.807) is 0 Å². The minimum atomic E-state index is -1.00. The molecule has 1 fully saturated rings. The lowest BCUT2D eigenvalue weighted by Crippen LogP contribution is -2.38. The lowest BCUT2D eigenvalue weighted by Gasteiger charge is -2.39. The SMILES string of the molecule is CC(C)(C)C1CCN(c2ncc(C(=O)O)cc2Cl)CC1. The van der Waals surface area contributed by atoms with Crippen molar-refractivity contribution in [2.45, 2.75) is 33.6 Å². The highest BCUT2D eigenvalue weighted by atomic mass is 35.5. The van der Waals surface area contributed by atoms with Gasteiger partial charge in [0, 0.05) is 19.3 Å². The third-order valence-electron chi connectivity index (χ3n) is 4.09. The maximum atomic E-state index is 10.9. The fourth-order valence-corrected chi connectivity index (χ4v) is 3.02. The summed E-state index contributed by atoms with van der Waals surface area (Å²) >= 11 is 6.17. The first kappa shape index (κ1) is 15.1. The van der Waals surface area contributed by atoms with Crippen molar-refractivity contribution in [3.8, 4) is 0 Å². The number of carbonyl (C=O) groups is 1. The first-order chi connectivity index (χ1) is 9.29. The zero-order valence-electron chi connectivity index (χ0n) is 12.2. The molecule has 5 heteroatoms. The summed E-state index contributed by atoms with van der Waals surface area (Å²) in [4.78, 5) is 17.3. The second kappa shape index (κ2) is 5.60. The molecular weight excluding hydrogens is 276 g/mol. The number of aromatic carboxylic acids is 1. The van der Waals surface area contributed by atoms with Gasteiger partial charge in [-0.1, -0.05) is 32.4 Å². The van der Waals surface area contributed by atoms with Crippen LogP contribution < -0.4 is 4.90 Å². The van der Waals surface area contributed by atoms with E-state index in [-0.39, 0.29) is 5.56 Å². The van der Waals surface area contributed by atoms with Gasteiger partial charge in [0.05, 0.1) is 10.6 Å². The molecule has 0 aliphatic carbocycles. The van der Waals surface area contributed by atoms with Gasteiger partial charge in [0.25, 0.3) is 0 Å². The van der Waals surface area contributed by atoms with Crippen molar-refractivity contribution >= 4 is 23.4 Å². The standard InChI is InChI=1S/C15H21ClN2O2/c1-15(2,3)11-4-6-18(7-5-11)13-12(16)8-10(9-17-13)14(19)20/h8-9,11H,4-7H2,1-3H3,(H,19,20). The average Bonchev–Trinajstić information content (AvgIpc) is 2.37. The number of carboxylic acids is 1. The summed E-state index contributed by atoms with van der Waals surface area (Å²) in [6, 6.07) is 1.47. The molecule has 1 N–H and O–H groups in total. The van der Waals surface area contributed by atoms with Gasteiger partial charge in [-0.25, -0.2) is 9.78 Å². The number of pyridine rings is 1. The topological polar surface area (TPSA) is 53.4 Å². The number of hydrogen-bond donors (Lipinski definition) is 1. The minimum Gasteiger partial charge on any atom is -0.478 e. The van der Waals surface area contributed by atoms with E-state index in [1.165, 1.54) is 12.3 Å². The number of anilines is 1. The van der Waals surface area contributed by atoms with Gasteiger partial charge in [0.15, 0.2) is 0 Å². The van der Waals surface area contributed by atoms with Gasteiger partial charge < -0.3 is 10.0 Å². The first-order valence-corrected chi connectivity index (χ1v) is 7.30. The Morgan fingerprint density at radius 2 is 2.00 bits per heavy atom. The molecule has 0 bridgehead atoms. The van der Waals surface area contributed by atoms with Crippen LogP contribution in [-0.2, 0) is 0 Å². The Kier molecular flexibility index (Phi) is 4.23. The predicted octanol–water partition coefficient (Wildman–Crippen LogP) is 3.70. The van der Waals surface area contributed by atoms with Gasteiger partial charge in [-0.2, -0.15) is 0 Å². The van der Waals surface area contributed by atoms with E-state index in [9.17, 15) is 4.79 Å². The van der Waals surface area contributed by atoms with Crippen molar-refractivity contribution in [1.82, 2.24) is 4.98 Å². The van der Waals surface area contributed by atoms with E-state index in [1.807, 2.05) is 0 Å². The molecule has 0 atom stereocenters. The van der Waals surface area contributed by atoms with Gasteiger partial charge >= 0.3 is 5.97 Å². The highest BCUT2D eigenvalue weighted by Gasteiger charge is 2.29. The van der Waals surface area contributed by atoms with Gasteiger partial charge in [-0.3, -0.25) is 0 Å². The fraction of sp³-hybridized carbons (Fsp3) is 0.600. The molecule has 2 heterocycles. The molecule has 110 valence electrons. The smallest absolute Gasteiger partial charge is 0.337 e. The van der Waals surface area contributed by atoms with E-state index in [0.717, 1.165) is 25.9 Å². The fourth-order valence-electron chi connectivity index (χ4n) is 2.74. The van der Waals surface area contributed by atoms with E-state index in [2.05, 4.69) is 30.7 Å². The number of piperidine rings is 1. The molecule has 1 aromatic heterocycles. The number of nitrogens with zero attached hydrogens (tertiary/aromatic N) is 2. The number of aromatic nitrogens is 1. The number of rotatable bonds is 2. The van der Waals surface area contributed by atoms with Crippen LogP contribution in [-0.4, -0.2) is 29.1 Å². The molecule has 1 saturated heterocycles. The van der Waals surface area contributed by atoms with E-state index in [0.29, 0.717) is 22.2 Å². The molecule has 0 aromatic carbocycles. The number of halogens is 1. The summed E-state index contributed by atoms with van der Waals surface area (Å²) < 4.78 is 0. The maximum Gasteiger partial charge on any atom is 0.337 e.